The van der Waals surface area contributed by atoms with Crippen LogP contribution in [0.2, 0.25) is 0 Å². The summed E-state index contributed by atoms with van der Waals surface area (Å²) in [6.45, 7) is 8.66. The van der Waals surface area contributed by atoms with Crippen LogP contribution in [0.25, 0.3) is 0 Å². The van der Waals surface area contributed by atoms with Crippen molar-refractivity contribution in [3.8, 4) is 0 Å². The average Bonchev–Trinajstić information content (AvgIpc) is 2.92. The third kappa shape index (κ3) is 5.13. The number of piperidine rings is 1. The van der Waals surface area contributed by atoms with Crippen molar-refractivity contribution < 1.29 is 4.79 Å². The first-order valence-corrected chi connectivity index (χ1v) is 8.96. The number of pyridine rings is 1. The smallest absolute Gasteiger partial charge is 0.223 e. The summed E-state index contributed by atoms with van der Waals surface area (Å²) in [4.78, 5) is 25.4. The van der Waals surface area contributed by atoms with Crippen LogP contribution in [0.5, 0.6) is 0 Å². The lowest BCUT2D eigenvalue weighted by Gasteiger charge is -2.32. The van der Waals surface area contributed by atoms with Gasteiger partial charge in [-0.2, -0.15) is 0 Å². The highest BCUT2D eigenvalue weighted by molar-refractivity contribution is 5.86. The normalized spacial score (nSPS) is 18.3. The zero-order valence-electron chi connectivity index (χ0n) is 15.3. The molecule has 0 aliphatic carbocycles. The monoisotopic (exact) mass is 341 g/mol. The molecule has 1 aliphatic rings. The second kappa shape index (κ2) is 7.78. The Morgan fingerprint density at radius 2 is 2.12 bits per heavy atom. The molecule has 0 radical (unpaired) electrons. The fourth-order valence-corrected chi connectivity index (χ4v) is 3.74. The molecule has 3 rings (SSSR count). The lowest BCUT2D eigenvalue weighted by Crippen LogP contribution is -2.35. The van der Waals surface area contributed by atoms with E-state index in [9.17, 15) is 4.79 Å². The highest BCUT2D eigenvalue weighted by Crippen LogP contribution is 2.22. The molecule has 1 atom stereocenters. The number of H-pyrrole nitrogens is 1. The minimum atomic E-state index is -0.109. The maximum atomic E-state index is 11.1. The van der Waals surface area contributed by atoms with Gasteiger partial charge in [-0.25, -0.2) is 4.98 Å². The van der Waals surface area contributed by atoms with Crippen LogP contribution in [0, 0.1) is 19.8 Å². The molecule has 0 saturated carbocycles. The molecule has 6 heteroatoms. The van der Waals surface area contributed by atoms with E-state index in [1.807, 2.05) is 6.20 Å². The second-order valence-electron chi connectivity index (χ2n) is 7.14. The Labute approximate surface area is 149 Å². The van der Waals surface area contributed by atoms with Gasteiger partial charge in [-0.1, -0.05) is 0 Å². The van der Waals surface area contributed by atoms with Crippen molar-refractivity contribution in [2.45, 2.75) is 46.6 Å². The number of imidazole rings is 1. The van der Waals surface area contributed by atoms with Crippen LogP contribution in [0.1, 0.15) is 42.4 Å². The molecule has 1 saturated heterocycles. The quantitative estimate of drug-likeness (QED) is 0.877. The van der Waals surface area contributed by atoms with Gasteiger partial charge < -0.3 is 4.98 Å². The zero-order chi connectivity index (χ0) is 17.8. The van der Waals surface area contributed by atoms with Crippen LogP contribution < -0.4 is 5.32 Å². The molecule has 0 unspecified atom stereocenters. The molecule has 1 amide bonds. The van der Waals surface area contributed by atoms with Gasteiger partial charge in [-0.05, 0) is 63.3 Å². The van der Waals surface area contributed by atoms with E-state index in [0.29, 0.717) is 11.9 Å². The minimum Gasteiger partial charge on any atom is -0.327 e. The van der Waals surface area contributed by atoms with Gasteiger partial charge in [0.15, 0.2) is 0 Å². The number of carbonyl (C=O) groups is 1. The summed E-state index contributed by atoms with van der Waals surface area (Å²) < 4.78 is 0. The first kappa shape index (κ1) is 17.6. The van der Waals surface area contributed by atoms with Crippen molar-refractivity contribution >= 4 is 11.9 Å². The van der Waals surface area contributed by atoms with E-state index in [0.717, 1.165) is 43.1 Å². The molecule has 25 heavy (non-hydrogen) atoms. The number of likely N-dealkylation sites (tertiary alicyclic amines) is 1. The first-order valence-electron chi connectivity index (χ1n) is 8.96. The maximum absolute atomic E-state index is 11.1. The summed E-state index contributed by atoms with van der Waals surface area (Å²) in [7, 11) is 0. The fourth-order valence-electron chi connectivity index (χ4n) is 3.74. The average molecular weight is 341 g/mol. The molecule has 134 valence electrons. The Morgan fingerprint density at radius 3 is 2.84 bits per heavy atom. The van der Waals surface area contributed by atoms with Gasteiger partial charge in [0, 0.05) is 31.4 Å². The van der Waals surface area contributed by atoms with Gasteiger partial charge >= 0.3 is 0 Å². The molecule has 2 aromatic rings. The molecule has 2 N–H and O–H groups in total. The van der Waals surface area contributed by atoms with Gasteiger partial charge in [0.05, 0.1) is 11.9 Å². The third-order valence-corrected chi connectivity index (χ3v) is 4.59. The second-order valence-corrected chi connectivity index (χ2v) is 7.14. The van der Waals surface area contributed by atoms with E-state index >= 15 is 0 Å². The van der Waals surface area contributed by atoms with Crippen LogP contribution in [0.15, 0.2) is 18.3 Å². The molecule has 6 nitrogen and oxygen atoms in total. The lowest BCUT2D eigenvalue weighted by molar-refractivity contribution is -0.114. The lowest BCUT2D eigenvalue weighted by atomic mass is 9.91. The van der Waals surface area contributed by atoms with Crippen LogP contribution in [0.3, 0.4) is 0 Å². The number of nitrogens with one attached hydrogen (secondary N) is 2. The molecule has 0 spiro atoms. The minimum absolute atomic E-state index is 0.109. The summed E-state index contributed by atoms with van der Waals surface area (Å²) in [5.41, 5.74) is 4.64. The number of aromatic amines is 1. The summed E-state index contributed by atoms with van der Waals surface area (Å²) in [5.74, 6) is 1.09. The Bertz CT molecular complexity index is 719. The molecular weight excluding hydrogens is 314 g/mol. The topological polar surface area (TPSA) is 73.9 Å². The predicted molar refractivity (Wildman–Crippen MR) is 98.3 cm³/mol. The van der Waals surface area contributed by atoms with Gasteiger partial charge in [-0.3, -0.25) is 20.0 Å². The number of aryl methyl sites for hydroxylation is 2. The van der Waals surface area contributed by atoms with Gasteiger partial charge in [0.25, 0.3) is 0 Å². The number of rotatable bonds is 5. The van der Waals surface area contributed by atoms with E-state index in [2.05, 4.69) is 51.1 Å². The summed E-state index contributed by atoms with van der Waals surface area (Å²) >= 11 is 0. The van der Waals surface area contributed by atoms with Gasteiger partial charge in [-0.15, -0.1) is 0 Å². The van der Waals surface area contributed by atoms with Gasteiger partial charge in [0.2, 0.25) is 11.9 Å². The molecule has 0 bridgehead atoms. The highest BCUT2D eigenvalue weighted by Gasteiger charge is 2.21. The number of amides is 1. The van der Waals surface area contributed by atoms with Crippen LogP contribution in [-0.4, -0.2) is 38.8 Å². The van der Waals surface area contributed by atoms with Crippen molar-refractivity contribution in [3.63, 3.8) is 0 Å². The van der Waals surface area contributed by atoms with Crippen molar-refractivity contribution in [2.24, 2.45) is 5.92 Å². The number of hydrogen-bond donors (Lipinski definition) is 2. The zero-order valence-corrected chi connectivity index (χ0v) is 15.3. The highest BCUT2D eigenvalue weighted by atomic mass is 16.1. The van der Waals surface area contributed by atoms with Crippen LogP contribution >= 0.6 is 0 Å². The summed E-state index contributed by atoms with van der Waals surface area (Å²) in [6.07, 6.45) is 5.42. The SMILES string of the molecule is CC(=O)Nc1ncc(CN2CCC[C@H](Cc3cc(C)nc(C)c3)C2)[nH]1. The standard InChI is InChI=1S/C19H27N5O/c1-13-7-17(8-14(2)21-13)9-16-5-4-6-24(11-16)12-18-10-20-19(23-18)22-15(3)25/h7-8,10,16H,4-6,9,11-12H2,1-3H3,(H2,20,22,23,25)/t16-/m1/s1. The van der Waals surface area contributed by atoms with Crippen LogP contribution in [-0.2, 0) is 17.8 Å². The number of nitrogens with zero attached hydrogens (tertiary/aromatic N) is 3. The molecule has 3 heterocycles. The molecule has 0 aromatic carbocycles. The third-order valence-electron chi connectivity index (χ3n) is 4.59. The van der Waals surface area contributed by atoms with E-state index in [-0.39, 0.29) is 5.91 Å². The van der Waals surface area contributed by atoms with Gasteiger partial charge in [0.1, 0.15) is 0 Å². The molecule has 1 aliphatic heterocycles. The Morgan fingerprint density at radius 1 is 1.36 bits per heavy atom. The molecule has 1 fully saturated rings. The summed E-state index contributed by atoms with van der Waals surface area (Å²) in [5, 5.41) is 2.68. The largest absolute Gasteiger partial charge is 0.327 e. The molecule has 2 aromatic heterocycles. The Hall–Kier alpha value is -2.21. The molecular formula is C19H27N5O. The number of carbonyl (C=O) groups excluding carboxylic acids is 1. The number of aromatic nitrogens is 3. The van der Waals surface area contributed by atoms with Crippen molar-refractivity contribution in [1.82, 2.24) is 19.9 Å². The maximum Gasteiger partial charge on any atom is 0.223 e. The van der Waals surface area contributed by atoms with Crippen molar-refractivity contribution in [3.05, 3.63) is 41.0 Å². The number of hydrogen-bond acceptors (Lipinski definition) is 4. The Balaban J connectivity index is 1.57. The van der Waals surface area contributed by atoms with Crippen molar-refractivity contribution in [1.29, 1.82) is 0 Å². The van der Waals surface area contributed by atoms with Crippen molar-refractivity contribution in [2.75, 3.05) is 18.4 Å². The Kier molecular flexibility index (Phi) is 5.48. The van der Waals surface area contributed by atoms with E-state index in [4.69, 9.17) is 0 Å². The first-order chi connectivity index (χ1) is 12.0. The fraction of sp³-hybridized carbons (Fsp3) is 0.526. The predicted octanol–water partition coefficient (Wildman–Crippen LogP) is 2.83. The van der Waals surface area contributed by atoms with E-state index in [1.165, 1.54) is 25.3 Å². The summed E-state index contributed by atoms with van der Waals surface area (Å²) in [6, 6.07) is 4.42. The van der Waals surface area contributed by atoms with Crippen LogP contribution in [0.4, 0.5) is 5.95 Å². The van der Waals surface area contributed by atoms with E-state index < -0.39 is 0 Å². The number of anilines is 1. The van der Waals surface area contributed by atoms with E-state index in [1.54, 1.807) is 0 Å².